The molecule has 1 aromatic rings. The van der Waals surface area contributed by atoms with Crippen LogP contribution in [0.2, 0.25) is 0 Å². The van der Waals surface area contributed by atoms with E-state index in [9.17, 15) is 4.79 Å². The minimum atomic E-state index is -0.534. The molecular weight excluding hydrogens is 230 g/mol. The molecule has 0 heterocycles. The van der Waals surface area contributed by atoms with Crippen molar-refractivity contribution in [3.63, 3.8) is 0 Å². The molecule has 5 nitrogen and oxygen atoms in total. The van der Waals surface area contributed by atoms with Crippen molar-refractivity contribution in [2.75, 3.05) is 25.9 Å². The van der Waals surface area contributed by atoms with Gasteiger partial charge < -0.3 is 21.1 Å². The van der Waals surface area contributed by atoms with Gasteiger partial charge in [-0.2, -0.15) is 0 Å². The molecular formula is C13H19N3O2. The Balaban J connectivity index is 1.88. The molecule has 4 N–H and O–H groups in total. The van der Waals surface area contributed by atoms with Crippen molar-refractivity contribution in [2.24, 2.45) is 5.73 Å². The van der Waals surface area contributed by atoms with Crippen molar-refractivity contribution in [1.29, 1.82) is 0 Å². The molecule has 1 aliphatic carbocycles. The maximum atomic E-state index is 11.1. The number of likely N-dealkylation sites (N-methyl/N-ethyl adjacent to an activating group) is 1. The van der Waals surface area contributed by atoms with Crippen LogP contribution in [0, 0.1) is 0 Å². The van der Waals surface area contributed by atoms with Crippen LogP contribution in [-0.4, -0.2) is 37.0 Å². The van der Waals surface area contributed by atoms with E-state index >= 15 is 0 Å². The van der Waals surface area contributed by atoms with Gasteiger partial charge in [-0.3, -0.25) is 4.79 Å². The largest absolute Gasteiger partial charge is 0.492 e. The second-order valence-corrected chi connectivity index (χ2v) is 4.67. The molecule has 0 bridgehead atoms. The van der Waals surface area contributed by atoms with Crippen LogP contribution < -0.4 is 16.2 Å². The highest BCUT2D eigenvalue weighted by molar-refractivity contribution is 5.98. The van der Waals surface area contributed by atoms with Crippen LogP contribution in [0.1, 0.15) is 23.2 Å². The van der Waals surface area contributed by atoms with Gasteiger partial charge in [-0.15, -0.1) is 0 Å². The molecule has 1 amide bonds. The second kappa shape index (κ2) is 5.27. The van der Waals surface area contributed by atoms with Crippen LogP contribution >= 0.6 is 0 Å². The third kappa shape index (κ3) is 3.13. The molecule has 1 aliphatic rings. The lowest BCUT2D eigenvalue weighted by Gasteiger charge is -2.16. The monoisotopic (exact) mass is 249 g/mol. The Kier molecular flexibility index (Phi) is 3.72. The van der Waals surface area contributed by atoms with Gasteiger partial charge in [0, 0.05) is 18.3 Å². The van der Waals surface area contributed by atoms with Crippen LogP contribution in [-0.2, 0) is 0 Å². The molecule has 0 radical (unpaired) electrons. The van der Waals surface area contributed by atoms with Gasteiger partial charge in [-0.05, 0) is 38.1 Å². The Morgan fingerprint density at radius 1 is 1.50 bits per heavy atom. The number of carbonyl (C=O) groups excluding carboxylic acids is 1. The first kappa shape index (κ1) is 12.7. The van der Waals surface area contributed by atoms with Gasteiger partial charge in [-0.1, -0.05) is 0 Å². The van der Waals surface area contributed by atoms with E-state index < -0.39 is 5.91 Å². The Morgan fingerprint density at radius 2 is 2.22 bits per heavy atom. The SMILES string of the molecule is CN(CCOc1ccc(N)c(C(N)=O)c1)C1CC1. The predicted molar refractivity (Wildman–Crippen MR) is 70.5 cm³/mol. The predicted octanol–water partition coefficient (Wildman–Crippen LogP) is 0.841. The Labute approximate surface area is 107 Å². The van der Waals surface area contributed by atoms with E-state index in [-0.39, 0.29) is 0 Å². The number of carbonyl (C=O) groups is 1. The average molecular weight is 249 g/mol. The number of hydrogen-bond acceptors (Lipinski definition) is 4. The molecule has 0 unspecified atom stereocenters. The zero-order valence-corrected chi connectivity index (χ0v) is 10.6. The third-order valence-corrected chi connectivity index (χ3v) is 3.17. The molecule has 0 aliphatic heterocycles. The summed E-state index contributed by atoms with van der Waals surface area (Å²) in [5.41, 5.74) is 11.6. The third-order valence-electron chi connectivity index (χ3n) is 3.17. The first-order chi connectivity index (χ1) is 8.58. The van der Waals surface area contributed by atoms with Crippen LogP contribution in [0.5, 0.6) is 5.75 Å². The fraction of sp³-hybridized carbons (Fsp3) is 0.462. The summed E-state index contributed by atoms with van der Waals surface area (Å²) in [5, 5.41) is 0. The molecule has 1 saturated carbocycles. The first-order valence-electron chi connectivity index (χ1n) is 6.10. The van der Waals surface area contributed by atoms with Crippen LogP contribution in [0.15, 0.2) is 18.2 Å². The van der Waals surface area contributed by atoms with E-state index in [1.165, 1.54) is 12.8 Å². The van der Waals surface area contributed by atoms with Crippen molar-refractivity contribution in [3.05, 3.63) is 23.8 Å². The summed E-state index contributed by atoms with van der Waals surface area (Å²) in [6.07, 6.45) is 2.56. The number of nitrogens with zero attached hydrogens (tertiary/aromatic N) is 1. The number of ether oxygens (including phenoxy) is 1. The number of primary amides is 1. The minimum absolute atomic E-state index is 0.308. The number of anilines is 1. The number of amides is 1. The number of rotatable bonds is 6. The lowest BCUT2D eigenvalue weighted by molar-refractivity contribution is 0.100. The lowest BCUT2D eigenvalue weighted by atomic mass is 10.1. The van der Waals surface area contributed by atoms with Crippen molar-refractivity contribution >= 4 is 11.6 Å². The van der Waals surface area contributed by atoms with Gasteiger partial charge in [0.2, 0.25) is 0 Å². The highest BCUT2D eigenvalue weighted by atomic mass is 16.5. The van der Waals surface area contributed by atoms with Crippen molar-refractivity contribution < 1.29 is 9.53 Å². The standard InChI is InChI=1S/C13H19N3O2/c1-16(9-2-3-9)6-7-18-10-4-5-12(14)11(8-10)13(15)17/h4-5,8-9H,2-3,6-7,14H2,1H3,(H2,15,17). The summed E-state index contributed by atoms with van der Waals surface area (Å²) in [6.45, 7) is 1.47. The second-order valence-electron chi connectivity index (χ2n) is 4.67. The van der Waals surface area contributed by atoms with Gasteiger partial charge in [-0.25, -0.2) is 0 Å². The average Bonchev–Trinajstić information content (AvgIpc) is 3.14. The number of benzene rings is 1. The summed E-state index contributed by atoms with van der Waals surface area (Å²) in [6, 6.07) is 5.70. The first-order valence-corrected chi connectivity index (χ1v) is 6.10. The van der Waals surface area contributed by atoms with E-state index in [0.717, 1.165) is 12.6 Å². The van der Waals surface area contributed by atoms with E-state index in [2.05, 4.69) is 11.9 Å². The van der Waals surface area contributed by atoms with Crippen LogP contribution in [0.4, 0.5) is 5.69 Å². The summed E-state index contributed by atoms with van der Waals surface area (Å²) in [5.74, 6) is 0.0928. The zero-order chi connectivity index (χ0) is 13.1. The smallest absolute Gasteiger partial charge is 0.250 e. The van der Waals surface area contributed by atoms with Crippen LogP contribution in [0.25, 0.3) is 0 Å². The maximum absolute atomic E-state index is 11.1. The Hall–Kier alpha value is -1.75. The Morgan fingerprint density at radius 3 is 2.83 bits per heavy atom. The summed E-state index contributed by atoms with van der Waals surface area (Å²) in [4.78, 5) is 13.4. The van der Waals surface area contributed by atoms with Gasteiger partial charge in [0.1, 0.15) is 12.4 Å². The molecule has 0 aromatic heterocycles. The number of hydrogen-bond donors (Lipinski definition) is 2. The summed E-state index contributed by atoms with van der Waals surface area (Å²) >= 11 is 0. The molecule has 2 rings (SSSR count). The maximum Gasteiger partial charge on any atom is 0.250 e. The van der Waals surface area contributed by atoms with Gasteiger partial charge in [0.05, 0.1) is 5.56 Å². The van der Waals surface area contributed by atoms with E-state index in [1.807, 2.05) is 0 Å². The molecule has 18 heavy (non-hydrogen) atoms. The molecule has 5 heteroatoms. The number of nitrogen functional groups attached to an aromatic ring is 1. The lowest BCUT2D eigenvalue weighted by Crippen LogP contribution is -2.26. The fourth-order valence-corrected chi connectivity index (χ4v) is 1.84. The van der Waals surface area contributed by atoms with Gasteiger partial charge in [0.15, 0.2) is 0 Å². The minimum Gasteiger partial charge on any atom is -0.492 e. The Bertz CT molecular complexity index is 444. The quantitative estimate of drug-likeness (QED) is 0.732. The number of nitrogens with two attached hydrogens (primary N) is 2. The van der Waals surface area contributed by atoms with Crippen molar-refractivity contribution in [2.45, 2.75) is 18.9 Å². The topological polar surface area (TPSA) is 81.6 Å². The molecule has 1 aromatic carbocycles. The van der Waals surface area contributed by atoms with Crippen molar-refractivity contribution in [1.82, 2.24) is 4.90 Å². The molecule has 0 saturated heterocycles. The summed E-state index contributed by atoms with van der Waals surface area (Å²) < 4.78 is 5.60. The van der Waals surface area contributed by atoms with Gasteiger partial charge in [0.25, 0.3) is 5.91 Å². The van der Waals surface area contributed by atoms with Crippen LogP contribution in [0.3, 0.4) is 0 Å². The fourth-order valence-electron chi connectivity index (χ4n) is 1.84. The van der Waals surface area contributed by atoms with Gasteiger partial charge >= 0.3 is 0 Å². The molecule has 0 atom stereocenters. The van der Waals surface area contributed by atoms with E-state index in [0.29, 0.717) is 23.6 Å². The highest BCUT2D eigenvalue weighted by Crippen LogP contribution is 2.25. The normalized spacial score (nSPS) is 14.8. The van der Waals surface area contributed by atoms with Crippen molar-refractivity contribution in [3.8, 4) is 5.75 Å². The van der Waals surface area contributed by atoms with E-state index in [1.54, 1.807) is 18.2 Å². The molecule has 98 valence electrons. The molecule has 1 fully saturated rings. The van der Waals surface area contributed by atoms with E-state index in [4.69, 9.17) is 16.2 Å². The zero-order valence-electron chi connectivity index (χ0n) is 10.6. The molecule has 0 spiro atoms. The highest BCUT2D eigenvalue weighted by Gasteiger charge is 2.25. The summed E-state index contributed by atoms with van der Waals surface area (Å²) in [7, 11) is 2.10.